The minimum atomic E-state index is 0.629. The number of likely N-dealkylation sites (tertiary alicyclic amines) is 1. The molecule has 0 bridgehead atoms. The lowest BCUT2D eigenvalue weighted by Gasteiger charge is -2.33. The van der Waals surface area contributed by atoms with Crippen LogP contribution in [0.4, 0.5) is 0 Å². The number of hydrogen-bond donors (Lipinski definition) is 0. The number of nitrogens with zero attached hydrogens (tertiary/aromatic N) is 1. The lowest BCUT2D eigenvalue weighted by molar-refractivity contribution is 0.178. The van der Waals surface area contributed by atoms with Gasteiger partial charge in [0.1, 0.15) is 0 Å². The van der Waals surface area contributed by atoms with Gasteiger partial charge >= 0.3 is 0 Å². The molecule has 1 fully saturated rings. The molecule has 0 aliphatic carbocycles. The SMILES string of the molecule is CC(Br)C1CCN(Cc2ccc(Cl)c(Cl)c2)CC1. The van der Waals surface area contributed by atoms with Gasteiger partial charge in [-0.2, -0.15) is 0 Å². The summed E-state index contributed by atoms with van der Waals surface area (Å²) in [5.74, 6) is 0.815. The molecule has 100 valence electrons. The summed E-state index contributed by atoms with van der Waals surface area (Å²) in [5, 5.41) is 1.28. The van der Waals surface area contributed by atoms with Crippen molar-refractivity contribution in [3.63, 3.8) is 0 Å². The van der Waals surface area contributed by atoms with Gasteiger partial charge in [0.15, 0.2) is 0 Å². The van der Waals surface area contributed by atoms with Gasteiger partial charge in [-0.1, -0.05) is 52.1 Å². The molecule has 18 heavy (non-hydrogen) atoms. The van der Waals surface area contributed by atoms with Crippen LogP contribution in [-0.4, -0.2) is 22.8 Å². The lowest BCUT2D eigenvalue weighted by Crippen LogP contribution is -2.35. The Morgan fingerprint density at radius 1 is 1.28 bits per heavy atom. The Balaban J connectivity index is 1.89. The minimum absolute atomic E-state index is 0.629. The van der Waals surface area contributed by atoms with Crippen LogP contribution in [-0.2, 0) is 6.54 Å². The molecular weight excluding hydrogens is 333 g/mol. The van der Waals surface area contributed by atoms with E-state index in [1.165, 1.54) is 31.5 Å². The Bertz CT molecular complexity index is 401. The third-order valence-corrected chi connectivity index (χ3v) is 5.16. The van der Waals surface area contributed by atoms with E-state index in [2.05, 4.69) is 33.8 Å². The predicted molar refractivity (Wildman–Crippen MR) is 82.9 cm³/mol. The first-order valence-corrected chi connectivity index (χ1v) is 8.04. The normalized spacial score (nSPS) is 20.0. The minimum Gasteiger partial charge on any atom is -0.299 e. The molecule has 1 heterocycles. The first kappa shape index (κ1) is 14.6. The van der Waals surface area contributed by atoms with Gasteiger partial charge in [0.25, 0.3) is 0 Å². The van der Waals surface area contributed by atoms with E-state index in [0.29, 0.717) is 14.9 Å². The zero-order valence-corrected chi connectivity index (χ0v) is 13.6. The summed E-state index contributed by atoms with van der Waals surface area (Å²) in [7, 11) is 0. The molecule has 1 aliphatic rings. The average molecular weight is 351 g/mol. The summed E-state index contributed by atoms with van der Waals surface area (Å²) in [6, 6.07) is 5.92. The molecule has 1 atom stereocenters. The molecule has 2 rings (SSSR count). The Kier molecular flexibility index (Phi) is 5.37. The maximum absolute atomic E-state index is 6.04. The van der Waals surface area contributed by atoms with Gasteiger partial charge in [-0.05, 0) is 49.5 Å². The standard InChI is InChI=1S/C14H18BrCl2N/c1-10(15)12-4-6-18(7-5-12)9-11-2-3-13(16)14(17)8-11/h2-3,8,10,12H,4-7,9H2,1H3. The fourth-order valence-electron chi connectivity index (χ4n) is 2.47. The topological polar surface area (TPSA) is 3.24 Å². The first-order valence-electron chi connectivity index (χ1n) is 6.36. The van der Waals surface area contributed by atoms with E-state index >= 15 is 0 Å². The van der Waals surface area contributed by atoms with E-state index in [4.69, 9.17) is 23.2 Å². The number of halogens is 3. The van der Waals surface area contributed by atoms with Gasteiger partial charge in [0.05, 0.1) is 10.0 Å². The largest absolute Gasteiger partial charge is 0.299 e. The van der Waals surface area contributed by atoms with Crippen molar-refractivity contribution in [2.75, 3.05) is 13.1 Å². The van der Waals surface area contributed by atoms with Crippen molar-refractivity contribution in [1.29, 1.82) is 0 Å². The molecule has 1 aliphatic heterocycles. The first-order chi connectivity index (χ1) is 8.56. The highest BCUT2D eigenvalue weighted by molar-refractivity contribution is 9.09. The second-order valence-corrected chi connectivity index (χ2v) is 7.30. The molecular formula is C14H18BrCl2N. The zero-order chi connectivity index (χ0) is 13.1. The van der Waals surface area contributed by atoms with Crippen LogP contribution < -0.4 is 0 Å². The van der Waals surface area contributed by atoms with Gasteiger partial charge in [-0.25, -0.2) is 0 Å². The number of rotatable bonds is 3. The van der Waals surface area contributed by atoms with Crippen molar-refractivity contribution < 1.29 is 0 Å². The predicted octanol–water partition coefficient (Wildman–Crippen LogP) is 4.99. The van der Waals surface area contributed by atoms with Gasteiger partial charge in [-0.15, -0.1) is 0 Å². The molecule has 0 aromatic heterocycles. The van der Waals surface area contributed by atoms with Crippen molar-refractivity contribution in [2.45, 2.75) is 31.1 Å². The Morgan fingerprint density at radius 2 is 1.94 bits per heavy atom. The quantitative estimate of drug-likeness (QED) is 0.694. The summed E-state index contributed by atoms with van der Waals surface area (Å²) < 4.78 is 0. The number of piperidine rings is 1. The van der Waals surface area contributed by atoms with Gasteiger partial charge < -0.3 is 0 Å². The molecule has 0 saturated carbocycles. The van der Waals surface area contributed by atoms with Gasteiger partial charge in [0.2, 0.25) is 0 Å². The van der Waals surface area contributed by atoms with Crippen molar-refractivity contribution in [3.8, 4) is 0 Å². The monoisotopic (exact) mass is 349 g/mol. The summed E-state index contributed by atoms with van der Waals surface area (Å²) in [6.07, 6.45) is 2.54. The third-order valence-electron chi connectivity index (χ3n) is 3.67. The molecule has 1 aromatic rings. The highest BCUT2D eigenvalue weighted by Gasteiger charge is 2.22. The molecule has 4 heteroatoms. The maximum atomic E-state index is 6.04. The third kappa shape index (κ3) is 3.86. The lowest BCUT2D eigenvalue weighted by atomic mass is 9.94. The highest BCUT2D eigenvalue weighted by Crippen LogP contribution is 2.27. The van der Waals surface area contributed by atoms with E-state index < -0.39 is 0 Å². The van der Waals surface area contributed by atoms with E-state index in [1.54, 1.807) is 0 Å². The van der Waals surface area contributed by atoms with E-state index in [1.807, 2.05) is 12.1 Å². The van der Waals surface area contributed by atoms with Gasteiger partial charge in [0, 0.05) is 11.4 Å². The van der Waals surface area contributed by atoms with Crippen LogP contribution in [0.3, 0.4) is 0 Å². The van der Waals surface area contributed by atoms with Crippen molar-refractivity contribution in [2.24, 2.45) is 5.92 Å². The fourth-order valence-corrected chi connectivity index (χ4v) is 3.32. The Hall–Kier alpha value is 0.240. The summed E-state index contributed by atoms with van der Waals surface area (Å²) in [4.78, 5) is 3.12. The number of benzene rings is 1. The smallest absolute Gasteiger partial charge is 0.0595 e. The van der Waals surface area contributed by atoms with E-state index in [9.17, 15) is 0 Å². The maximum Gasteiger partial charge on any atom is 0.0595 e. The van der Waals surface area contributed by atoms with Crippen LogP contribution in [0, 0.1) is 5.92 Å². The molecule has 0 spiro atoms. The fraction of sp³-hybridized carbons (Fsp3) is 0.571. The zero-order valence-electron chi connectivity index (χ0n) is 10.5. The van der Waals surface area contributed by atoms with Gasteiger partial charge in [-0.3, -0.25) is 4.90 Å². The van der Waals surface area contributed by atoms with Crippen LogP contribution in [0.5, 0.6) is 0 Å². The molecule has 1 aromatic carbocycles. The summed E-state index contributed by atoms with van der Waals surface area (Å²) in [5.41, 5.74) is 1.25. The van der Waals surface area contributed by atoms with Crippen LogP contribution in [0.15, 0.2) is 18.2 Å². The van der Waals surface area contributed by atoms with Crippen molar-refractivity contribution >= 4 is 39.1 Å². The summed E-state index contributed by atoms with van der Waals surface area (Å²) in [6.45, 7) is 5.56. The highest BCUT2D eigenvalue weighted by atomic mass is 79.9. The van der Waals surface area contributed by atoms with Crippen LogP contribution >= 0.6 is 39.1 Å². The molecule has 0 N–H and O–H groups in total. The molecule has 0 radical (unpaired) electrons. The van der Waals surface area contributed by atoms with Crippen LogP contribution in [0.25, 0.3) is 0 Å². The van der Waals surface area contributed by atoms with Crippen LogP contribution in [0.2, 0.25) is 10.0 Å². The summed E-state index contributed by atoms with van der Waals surface area (Å²) >= 11 is 15.7. The van der Waals surface area contributed by atoms with E-state index in [0.717, 1.165) is 12.5 Å². The number of hydrogen-bond acceptors (Lipinski definition) is 1. The molecule has 1 nitrogen and oxygen atoms in total. The van der Waals surface area contributed by atoms with E-state index in [-0.39, 0.29) is 0 Å². The number of alkyl halides is 1. The molecule has 0 amide bonds. The Labute approximate surface area is 128 Å². The average Bonchev–Trinajstić information content (AvgIpc) is 2.34. The molecule has 1 unspecified atom stereocenters. The van der Waals surface area contributed by atoms with Crippen LogP contribution in [0.1, 0.15) is 25.3 Å². The molecule has 1 saturated heterocycles. The Morgan fingerprint density at radius 3 is 2.50 bits per heavy atom. The van der Waals surface area contributed by atoms with Crippen molar-refractivity contribution in [3.05, 3.63) is 33.8 Å². The van der Waals surface area contributed by atoms with Crippen molar-refractivity contribution in [1.82, 2.24) is 4.90 Å². The second kappa shape index (κ2) is 6.60. The second-order valence-electron chi connectivity index (χ2n) is 5.04.